The molecule has 0 bridgehead atoms. The third-order valence-corrected chi connectivity index (χ3v) is 4.64. The molecule has 20 heavy (non-hydrogen) atoms. The third-order valence-electron chi connectivity index (χ3n) is 4.42. The molecule has 0 spiro atoms. The van der Waals surface area contributed by atoms with E-state index in [2.05, 4.69) is 22.8 Å². The molecule has 3 rings (SSSR count). The first-order valence-electron chi connectivity index (χ1n) is 7.49. The van der Waals surface area contributed by atoms with Crippen LogP contribution < -0.4 is 10.6 Å². The van der Waals surface area contributed by atoms with E-state index in [0.29, 0.717) is 4.99 Å². The summed E-state index contributed by atoms with van der Waals surface area (Å²) in [5.41, 5.74) is 9.47. The minimum atomic E-state index is 0.472. The van der Waals surface area contributed by atoms with Crippen molar-refractivity contribution in [3.05, 3.63) is 22.9 Å². The highest BCUT2D eigenvalue weighted by Crippen LogP contribution is 2.28. The van der Waals surface area contributed by atoms with Gasteiger partial charge >= 0.3 is 0 Å². The average Bonchev–Trinajstić information content (AvgIpc) is 2.93. The van der Waals surface area contributed by atoms with Crippen LogP contribution in [0.4, 0.5) is 5.82 Å². The Hall–Kier alpha value is -1.20. The molecule has 1 aliphatic heterocycles. The lowest BCUT2D eigenvalue weighted by atomic mass is 10.1. The van der Waals surface area contributed by atoms with Crippen LogP contribution in [0, 0.1) is 0 Å². The fraction of sp³-hybridized carbons (Fsp3) is 0.600. The standard InChI is InChI=1S/C15H22N4S/c1-2-18-6-8-19(9-7-18)15-12(14(16)20)10-11-4-3-5-13(11)17-15/h10H,2-9H2,1H3,(H2,16,20). The van der Waals surface area contributed by atoms with Crippen LogP contribution in [0.1, 0.15) is 30.2 Å². The summed E-state index contributed by atoms with van der Waals surface area (Å²) in [4.78, 5) is 10.2. The molecule has 1 saturated heterocycles. The number of fused-ring (bicyclic) bond motifs is 1. The van der Waals surface area contributed by atoms with E-state index in [0.717, 1.165) is 56.9 Å². The number of rotatable bonds is 3. The number of likely N-dealkylation sites (N-methyl/N-ethyl adjacent to an activating group) is 1. The molecule has 1 aromatic heterocycles. The summed E-state index contributed by atoms with van der Waals surface area (Å²) in [7, 11) is 0. The summed E-state index contributed by atoms with van der Waals surface area (Å²) in [5, 5.41) is 0. The van der Waals surface area contributed by atoms with Gasteiger partial charge in [0.25, 0.3) is 0 Å². The molecule has 2 N–H and O–H groups in total. The van der Waals surface area contributed by atoms with Crippen LogP contribution in [-0.4, -0.2) is 47.6 Å². The Bertz CT molecular complexity index is 521. The predicted octanol–water partition coefficient (Wildman–Crippen LogP) is 1.35. The van der Waals surface area contributed by atoms with Crippen molar-refractivity contribution in [1.29, 1.82) is 0 Å². The minimum Gasteiger partial charge on any atom is -0.389 e. The van der Waals surface area contributed by atoms with Gasteiger partial charge in [0.15, 0.2) is 0 Å². The molecule has 108 valence electrons. The molecule has 4 nitrogen and oxygen atoms in total. The van der Waals surface area contributed by atoms with Crippen molar-refractivity contribution in [3.8, 4) is 0 Å². The van der Waals surface area contributed by atoms with Crippen molar-refractivity contribution >= 4 is 23.0 Å². The van der Waals surface area contributed by atoms with E-state index in [9.17, 15) is 0 Å². The third kappa shape index (κ3) is 2.52. The summed E-state index contributed by atoms with van der Waals surface area (Å²) in [6.07, 6.45) is 3.41. The average molecular weight is 290 g/mol. The maximum absolute atomic E-state index is 5.92. The van der Waals surface area contributed by atoms with Crippen LogP contribution in [-0.2, 0) is 12.8 Å². The van der Waals surface area contributed by atoms with E-state index in [-0.39, 0.29) is 0 Å². The molecule has 0 saturated carbocycles. The van der Waals surface area contributed by atoms with E-state index < -0.39 is 0 Å². The van der Waals surface area contributed by atoms with Gasteiger partial charge in [0.05, 0.1) is 5.56 Å². The summed E-state index contributed by atoms with van der Waals surface area (Å²) in [5.74, 6) is 1.01. The van der Waals surface area contributed by atoms with E-state index >= 15 is 0 Å². The van der Waals surface area contributed by atoms with Crippen LogP contribution in [0.5, 0.6) is 0 Å². The molecule has 1 aromatic rings. The van der Waals surface area contributed by atoms with E-state index in [1.165, 1.54) is 17.7 Å². The van der Waals surface area contributed by atoms with Gasteiger partial charge in [-0.05, 0) is 37.4 Å². The molecule has 1 fully saturated rings. The smallest absolute Gasteiger partial charge is 0.139 e. The molecule has 0 unspecified atom stereocenters. The lowest BCUT2D eigenvalue weighted by molar-refractivity contribution is 0.270. The SMILES string of the molecule is CCN1CCN(c2nc3c(cc2C(N)=S)CCC3)CC1. The maximum atomic E-state index is 5.92. The van der Waals surface area contributed by atoms with E-state index in [1.807, 2.05) is 0 Å². The zero-order chi connectivity index (χ0) is 14.1. The van der Waals surface area contributed by atoms with Gasteiger partial charge in [0.1, 0.15) is 10.8 Å². The topological polar surface area (TPSA) is 45.4 Å². The molecule has 5 heteroatoms. The molecule has 2 heterocycles. The molecule has 0 amide bonds. The fourth-order valence-corrected chi connectivity index (χ4v) is 3.31. The van der Waals surface area contributed by atoms with Crippen molar-refractivity contribution in [2.75, 3.05) is 37.6 Å². The van der Waals surface area contributed by atoms with Crippen LogP contribution in [0.2, 0.25) is 0 Å². The van der Waals surface area contributed by atoms with Gasteiger partial charge in [-0.15, -0.1) is 0 Å². The largest absolute Gasteiger partial charge is 0.389 e. The molecule has 0 aromatic carbocycles. The lowest BCUT2D eigenvalue weighted by Gasteiger charge is -2.35. The lowest BCUT2D eigenvalue weighted by Crippen LogP contribution is -2.47. The Morgan fingerprint density at radius 2 is 2.05 bits per heavy atom. The van der Waals surface area contributed by atoms with Gasteiger partial charge in [-0.2, -0.15) is 0 Å². The maximum Gasteiger partial charge on any atom is 0.139 e. The summed E-state index contributed by atoms with van der Waals surface area (Å²) in [6.45, 7) is 7.53. The Morgan fingerprint density at radius 1 is 1.30 bits per heavy atom. The number of thiocarbonyl (C=S) groups is 1. The quantitative estimate of drug-likeness (QED) is 0.851. The number of hydrogen-bond donors (Lipinski definition) is 1. The second-order valence-electron chi connectivity index (χ2n) is 5.60. The number of piperazine rings is 1. The number of pyridine rings is 1. The Kier molecular flexibility index (Phi) is 3.89. The van der Waals surface area contributed by atoms with Crippen molar-refractivity contribution in [1.82, 2.24) is 9.88 Å². The fourth-order valence-electron chi connectivity index (χ4n) is 3.16. The van der Waals surface area contributed by atoms with Crippen LogP contribution in [0.25, 0.3) is 0 Å². The highest BCUT2D eigenvalue weighted by Gasteiger charge is 2.23. The molecule has 0 radical (unpaired) electrons. The Labute approximate surface area is 126 Å². The number of anilines is 1. The normalized spacial score (nSPS) is 19.1. The second kappa shape index (κ2) is 5.66. The van der Waals surface area contributed by atoms with Crippen molar-refractivity contribution in [2.45, 2.75) is 26.2 Å². The number of nitrogens with two attached hydrogens (primary N) is 1. The van der Waals surface area contributed by atoms with Gasteiger partial charge < -0.3 is 15.5 Å². The summed E-state index contributed by atoms with van der Waals surface area (Å²) < 4.78 is 0. The van der Waals surface area contributed by atoms with Gasteiger partial charge in [-0.25, -0.2) is 4.98 Å². The van der Waals surface area contributed by atoms with Crippen molar-refractivity contribution < 1.29 is 0 Å². The summed E-state index contributed by atoms with van der Waals surface area (Å²) >= 11 is 5.24. The van der Waals surface area contributed by atoms with Gasteiger partial charge in [0.2, 0.25) is 0 Å². The predicted molar refractivity (Wildman–Crippen MR) is 86.5 cm³/mol. The first-order chi connectivity index (χ1) is 9.69. The van der Waals surface area contributed by atoms with Crippen molar-refractivity contribution in [2.24, 2.45) is 5.73 Å². The monoisotopic (exact) mass is 290 g/mol. The Balaban J connectivity index is 1.90. The number of aryl methyl sites for hydroxylation is 2. The number of nitrogens with zero attached hydrogens (tertiary/aromatic N) is 3. The molecular weight excluding hydrogens is 268 g/mol. The first-order valence-corrected chi connectivity index (χ1v) is 7.89. The van der Waals surface area contributed by atoms with Gasteiger partial charge in [-0.1, -0.05) is 19.1 Å². The number of aromatic nitrogens is 1. The molecule has 2 aliphatic rings. The van der Waals surface area contributed by atoms with Crippen molar-refractivity contribution in [3.63, 3.8) is 0 Å². The van der Waals surface area contributed by atoms with E-state index in [4.69, 9.17) is 22.9 Å². The minimum absolute atomic E-state index is 0.472. The Morgan fingerprint density at radius 3 is 2.70 bits per heavy atom. The first kappa shape index (κ1) is 13.8. The van der Waals surface area contributed by atoms with E-state index in [1.54, 1.807) is 0 Å². The summed E-state index contributed by atoms with van der Waals surface area (Å²) in [6, 6.07) is 2.18. The highest BCUT2D eigenvalue weighted by molar-refractivity contribution is 7.80. The van der Waals surface area contributed by atoms with Crippen LogP contribution >= 0.6 is 12.2 Å². The number of hydrogen-bond acceptors (Lipinski definition) is 4. The molecule has 0 atom stereocenters. The second-order valence-corrected chi connectivity index (χ2v) is 6.04. The molecular formula is C15H22N4S. The van der Waals surface area contributed by atoms with Crippen LogP contribution in [0.3, 0.4) is 0 Å². The molecule has 1 aliphatic carbocycles. The van der Waals surface area contributed by atoms with Gasteiger partial charge in [0, 0.05) is 31.9 Å². The zero-order valence-corrected chi connectivity index (χ0v) is 12.9. The zero-order valence-electron chi connectivity index (χ0n) is 12.1. The highest BCUT2D eigenvalue weighted by atomic mass is 32.1. The van der Waals surface area contributed by atoms with Crippen LogP contribution in [0.15, 0.2) is 6.07 Å². The van der Waals surface area contributed by atoms with Gasteiger partial charge in [-0.3, -0.25) is 0 Å².